The zero-order valence-electron chi connectivity index (χ0n) is 18.2. The Balaban J connectivity index is 1.16. The molecule has 6 nitrogen and oxygen atoms in total. The molecule has 166 valence electrons. The van der Waals surface area contributed by atoms with Crippen LogP contribution in [0.15, 0.2) is 73.1 Å². The van der Waals surface area contributed by atoms with Gasteiger partial charge in [-0.15, -0.1) is 0 Å². The Hall–Kier alpha value is -3.67. The van der Waals surface area contributed by atoms with Crippen molar-refractivity contribution in [1.82, 2.24) is 9.88 Å². The van der Waals surface area contributed by atoms with Crippen LogP contribution >= 0.6 is 0 Å². The highest BCUT2D eigenvalue weighted by Crippen LogP contribution is 2.52. The van der Waals surface area contributed by atoms with Gasteiger partial charge in [0.1, 0.15) is 12.4 Å². The minimum Gasteiger partial charge on any atom is -0.489 e. The fourth-order valence-corrected chi connectivity index (χ4v) is 5.18. The van der Waals surface area contributed by atoms with Crippen LogP contribution in [-0.2, 0) is 27.2 Å². The molecule has 6 rings (SSSR count). The van der Waals surface area contributed by atoms with Crippen LogP contribution in [0.2, 0.25) is 0 Å². The number of aromatic nitrogens is 1. The topological polar surface area (TPSA) is 68.7 Å². The summed E-state index contributed by atoms with van der Waals surface area (Å²) >= 11 is 0. The predicted octanol–water partition coefficient (Wildman–Crippen LogP) is 3.99. The van der Waals surface area contributed by atoms with Gasteiger partial charge in [0, 0.05) is 36.5 Å². The molecular formula is C27H24N2O4. The molecule has 1 spiro atoms. The summed E-state index contributed by atoms with van der Waals surface area (Å²) in [4.78, 5) is 32.0. The van der Waals surface area contributed by atoms with E-state index < -0.39 is 11.0 Å². The number of amides is 1. The number of fused-ring (bicyclic) bond motifs is 2. The van der Waals surface area contributed by atoms with Crippen molar-refractivity contribution in [1.29, 1.82) is 0 Å². The summed E-state index contributed by atoms with van der Waals surface area (Å²) in [6, 6.07) is 19.2. The van der Waals surface area contributed by atoms with E-state index in [9.17, 15) is 9.59 Å². The molecule has 0 unspecified atom stereocenters. The van der Waals surface area contributed by atoms with Crippen LogP contribution in [0.25, 0.3) is 0 Å². The number of rotatable bonds is 5. The molecule has 3 aromatic rings. The molecule has 1 saturated heterocycles. The van der Waals surface area contributed by atoms with Crippen molar-refractivity contribution in [3.63, 3.8) is 0 Å². The number of pyridine rings is 1. The third-order valence-corrected chi connectivity index (χ3v) is 7.14. The summed E-state index contributed by atoms with van der Waals surface area (Å²) in [6.45, 7) is 1.46. The first-order chi connectivity index (χ1) is 16.1. The first-order valence-corrected chi connectivity index (χ1v) is 11.3. The number of hydrogen-bond donors (Lipinski definition) is 0. The summed E-state index contributed by atoms with van der Waals surface area (Å²) in [6.07, 6.45) is 5.83. The summed E-state index contributed by atoms with van der Waals surface area (Å²) < 4.78 is 11.7. The van der Waals surface area contributed by atoms with E-state index in [0.717, 1.165) is 35.3 Å². The first kappa shape index (κ1) is 20.0. The van der Waals surface area contributed by atoms with Crippen molar-refractivity contribution in [2.24, 2.45) is 0 Å². The van der Waals surface area contributed by atoms with Crippen LogP contribution in [-0.4, -0.2) is 34.8 Å². The zero-order valence-corrected chi connectivity index (χ0v) is 18.2. The number of carbonyl (C=O) groups excluding carboxylic acids is 2. The Morgan fingerprint density at radius 3 is 2.61 bits per heavy atom. The van der Waals surface area contributed by atoms with Crippen LogP contribution in [0.4, 0.5) is 0 Å². The fraction of sp³-hybridized carbons (Fsp3) is 0.296. The maximum atomic E-state index is 13.6. The third-order valence-electron chi connectivity index (χ3n) is 7.14. The second kappa shape index (κ2) is 7.44. The Morgan fingerprint density at radius 1 is 1.03 bits per heavy atom. The molecular weight excluding hydrogens is 416 g/mol. The van der Waals surface area contributed by atoms with E-state index in [-0.39, 0.29) is 11.9 Å². The van der Waals surface area contributed by atoms with Gasteiger partial charge in [-0.3, -0.25) is 9.78 Å². The lowest BCUT2D eigenvalue weighted by Gasteiger charge is -2.27. The van der Waals surface area contributed by atoms with E-state index in [0.29, 0.717) is 31.7 Å². The summed E-state index contributed by atoms with van der Waals surface area (Å²) in [5.41, 5.74) is 2.37. The van der Waals surface area contributed by atoms with Gasteiger partial charge in [0.2, 0.25) is 5.91 Å². The largest absolute Gasteiger partial charge is 0.489 e. The molecule has 2 fully saturated rings. The van der Waals surface area contributed by atoms with Gasteiger partial charge < -0.3 is 14.4 Å². The van der Waals surface area contributed by atoms with Crippen LogP contribution in [0.3, 0.4) is 0 Å². The average molecular weight is 440 g/mol. The number of ether oxygens (including phenoxy) is 2. The third kappa shape index (κ3) is 3.28. The fourth-order valence-electron chi connectivity index (χ4n) is 5.18. The van der Waals surface area contributed by atoms with Gasteiger partial charge in [0.25, 0.3) is 0 Å². The molecule has 2 aromatic carbocycles. The molecule has 6 heteroatoms. The summed E-state index contributed by atoms with van der Waals surface area (Å²) in [5, 5.41) is 0. The highest BCUT2D eigenvalue weighted by atomic mass is 16.6. The van der Waals surface area contributed by atoms with E-state index in [1.807, 2.05) is 59.5 Å². The van der Waals surface area contributed by atoms with Crippen LogP contribution < -0.4 is 4.74 Å². The number of nitrogens with zero attached hydrogens (tertiary/aromatic N) is 2. The van der Waals surface area contributed by atoms with E-state index in [1.165, 1.54) is 0 Å². The predicted molar refractivity (Wildman–Crippen MR) is 121 cm³/mol. The number of benzene rings is 2. The summed E-state index contributed by atoms with van der Waals surface area (Å²) in [7, 11) is 0. The molecule has 1 amide bonds. The lowest BCUT2D eigenvalue weighted by molar-refractivity contribution is -0.134. The second-order valence-corrected chi connectivity index (χ2v) is 9.16. The standard InChI is InChI=1S/C27H24N2O4/c30-24-22-5-1-2-6-23(22)27(33-24)13-15-29(18-27)25(31)26(11-12-26)20-7-9-21(10-8-20)32-17-19-4-3-14-28-16-19/h1-10,14,16H,11-13,15,17-18H2/t27-/m0/s1. The molecule has 3 heterocycles. The number of hydrogen-bond acceptors (Lipinski definition) is 5. The van der Waals surface area contributed by atoms with Gasteiger partial charge in [-0.1, -0.05) is 36.4 Å². The summed E-state index contributed by atoms with van der Waals surface area (Å²) in [5.74, 6) is 0.604. The van der Waals surface area contributed by atoms with Crippen molar-refractivity contribution in [2.75, 3.05) is 13.1 Å². The van der Waals surface area contributed by atoms with E-state index in [2.05, 4.69) is 4.98 Å². The average Bonchev–Trinajstić information content (AvgIpc) is 3.49. The van der Waals surface area contributed by atoms with Gasteiger partial charge in [-0.25, -0.2) is 4.79 Å². The van der Waals surface area contributed by atoms with Crippen molar-refractivity contribution in [3.8, 4) is 5.75 Å². The lowest BCUT2D eigenvalue weighted by atomic mass is 9.91. The van der Waals surface area contributed by atoms with E-state index >= 15 is 0 Å². The molecule has 33 heavy (non-hydrogen) atoms. The molecule has 0 bridgehead atoms. The molecule has 0 N–H and O–H groups in total. The lowest BCUT2D eigenvalue weighted by Crippen LogP contribution is -2.40. The Bertz CT molecular complexity index is 1220. The first-order valence-electron chi connectivity index (χ1n) is 11.3. The number of esters is 1. The van der Waals surface area contributed by atoms with Crippen molar-refractivity contribution in [3.05, 3.63) is 95.3 Å². The van der Waals surface area contributed by atoms with Crippen molar-refractivity contribution in [2.45, 2.75) is 36.9 Å². The molecule has 2 aliphatic heterocycles. The van der Waals surface area contributed by atoms with Crippen molar-refractivity contribution < 1.29 is 19.1 Å². The van der Waals surface area contributed by atoms with Crippen LogP contribution in [0.5, 0.6) is 5.75 Å². The van der Waals surface area contributed by atoms with Gasteiger partial charge >= 0.3 is 5.97 Å². The normalized spacial score (nSPS) is 22.2. The quantitative estimate of drug-likeness (QED) is 0.561. The molecule has 1 atom stereocenters. The maximum absolute atomic E-state index is 13.6. The van der Waals surface area contributed by atoms with Gasteiger partial charge in [0.05, 0.1) is 17.5 Å². The Kier molecular flexibility index (Phi) is 4.50. The highest BCUT2D eigenvalue weighted by Gasteiger charge is 2.57. The monoisotopic (exact) mass is 440 g/mol. The Morgan fingerprint density at radius 2 is 1.85 bits per heavy atom. The van der Waals surface area contributed by atoms with Gasteiger partial charge in [-0.05, 0) is 42.7 Å². The number of likely N-dealkylation sites (tertiary alicyclic amines) is 1. The minimum atomic E-state index is -0.705. The minimum absolute atomic E-state index is 0.129. The van der Waals surface area contributed by atoms with E-state index in [4.69, 9.17) is 9.47 Å². The molecule has 1 aromatic heterocycles. The van der Waals surface area contributed by atoms with Crippen molar-refractivity contribution >= 4 is 11.9 Å². The van der Waals surface area contributed by atoms with Gasteiger partial charge in [0.15, 0.2) is 5.60 Å². The van der Waals surface area contributed by atoms with E-state index in [1.54, 1.807) is 18.5 Å². The van der Waals surface area contributed by atoms with Gasteiger partial charge in [-0.2, -0.15) is 0 Å². The number of carbonyl (C=O) groups is 2. The molecule has 1 saturated carbocycles. The molecule has 1 aliphatic carbocycles. The van der Waals surface area contributed by atoms with Crippen LogP contribution in [0, 0.1) is 0 Å². The second-order valence-electron chi connectivity index (χ2n) is 9.16. The SMILES string of the molecule is O=C1O[C@]2(CCN(C(=O)C3(c4ccc(OCc5cccnc5)cc4)CC3)C2)c2ccccc21. The Labute approximate surface area is 192 Å². The smallest absolute Gasteiger partial charge is 0.339 e. The molecule has 3 aliphatic rings. The maximum Gasteiger partial charge on any atom is 0.339 e. The van der Waals surface area contributed by atoms with Crippen LogP contribution in [0.1, 0.15) is 46.3 Å². The zero-order chi connectivity index (χ0) is 22.5. The molecule has 0 radical (unpaired) electrons. The highest BCUT2D eigenvalue weighted by molar-refractivity contribution is 5.96.